The molecule has 190 valence electrons. The van der Waals surface area contributed by atoms with Crippen LogP contribution >= 0.6 is 0 Å². The van der Waals surface area contributed by atoms with E-state index in [1.165, 1.54) is 18.0 Å². The zero-order valence-electron chi connectivity index (χ0n) is 20.5. The van der Waals surface area contributed by atoms with Crippen LogP contribution in [0.5, 0.6) is 5.75 Å². The highest BCUT2D eigenvalue weighted by atomic mass is 32.2. The third kappa shape index (κ3) is 4.15. The van der Waals surface area contributed by atoms with E-state index in [2.05, 4.69) is 33.3 Å². The molecule has 8 nitrogen and oxygen atoms in total. The summed E-state index contributed by atoms with van der Waals surface area (Å²) < 4.78 is 47.0. The van der Waals surface area contributed by atoms with E-state index in [1.807, 2.05) is 12.1 Å². The number of ether oxygens (including phenoxy) is 1. The minimum absolute atomic E-state index is 0.0512. The van der Waals surface area contributed by atoms with Crippen LogP contribution < -0.4 is 10.1 Å². The number of aromatic nitrogens is 4. The first-order valence-electron chi connectivity index (χ1n) is 12.2. The molecule has 1 atom stereocenters. The van der Waals surface area contributed by atoms with Gasteiger partial charge in [-0.05, 0) is 42.5 Å². The molecule has 10 heteroatoms. The molecule has 0 saturated carbocycles. The van der Waals surface area contributed by atoms with Crippen LogP contribution in [0.1, 0.15) is 36.6 Å². The molecule has 1 aromatic carbocycles. The molecule has 37 heavy (non-hydrogen) atoms. The molecule has 2 aliphatic rings. The highest BCUT2D eigenvalue weighted by molar-refractivity contribution is 7.90. The van der Waals surface area contributed by atoms with E-state index >= 15 is 0 Å². The first kappa shape index (κ1) is 23.6. The van der Waals surface area contributed by atoms with Crippen LogP contribution in [-0.2, 0) is 22.8 Å². The number of fused-ring (bicyclic) bond motifs is 2. The van der Waals surface area contributed by atoms with Crippen molar-refractivity contribution in [1.29, 1.82) is 0 Å². The molecule has 4 aromatic rings. The van der Waals surface area contributed by atoms with Gasteiger partial charge in [-0.15, -0.1) is 0 Å². The maximum absolute atomic E-state index is 14.6. The Labute approximate surface area is 214 Å². The molecule has 0 amide bonds. The van der Waals surface area contributed by atoms with Crippen LogP contribution in [0, 0.1) is 11.7 Å². The zero-order valence-corrected chi connectivity index (χ0v) is 21.3. The van der Waals surface area contributed by atoms with Crippen LogP contribution in [0.25, 0.3) is 22.2 Å². The fourth-order valence-corrected chi connectivity index (χ4v) is 5.80. The fourth-order valence-electron chi connectivity index (χ4n) is 5.00. The molecular weight excluding hydrogens is 493 g/mol. The largest absolute Gasteiger partial charge is 0.493 e. The van der Waals surface area contributed by atoms with Crippen LogP contribution in [-0.4, -0.2) is 40.6 Å². The van der Waals surface area contributed by atoms with Crippen molar-refractivity contribution < 1.29 is 17.5 Å². The molecule has 0 spiro atoms. The molecule has 1 aliphatic heterocycles. The Morgan fingerprint density at radius 2 is 2.00 bits per heavy atom. The number of benzene rings is 1. The summed E-state index contributed by atoms with van der Waals surface area (Å²) in [4.78, 5) is 13.4. The molecule has 1 aliphatic carbocycles. The lowest BCUT2D eigenvalue weighted by Crippen LogP contribution is -2.10. The van der Waals surface area contributed by atoms with Crippen molar-refractivity contribution in [2.75, 3.05) is 18.2 Å². The van der Waals surface area contributed by atoms with Crippen molar-refractivity contribution in [1.82, 2.24) is 19.4 Å². The van der Waals surface area contributed by atoms with E-state index in [-0.39, 0.29) is 17.4 Å². The van der Waals surface area contributed by atoms with Crippen LogP contribution in [0.2, 0.25) is 0 Å². The summed E-state index contributed by atoms with van der Waals surface area (Å²) in [6, 6.07) is 6.91. The maximum atomic E-state index is 14.6. The van der Waals surface area contributed by atoms with Gasteiger partial charge in [0.15, 0.2) is 14.9 Å². The number of nitrogens with one attached hydrogen (secondary N) is 1. The maximum Gasteiger partial charge on any atom is 0.209 e. The highest BCUT2D eigenvalue weighted by Gasteiger charge is 2.24. The predicted molar refractivity (Wildman–Crippen MR) is 139 cm³/mol. The number of pyridine rings is 1. The minimum Gasteiger partial charge on any atom is -0.493 e. The van der Waals surface area contributed by atoms with Gasteiger partial charge in [-0.2, -0.15) is 0 Å². The van der Waals surface area contributed by atoms with E-state index in [0.29, 0.717) is 47.3 Å². The summed E-state index contributed by atoms with van der Waals surface area (Å²) in [5, 5.41) is 3.11. The lowest BCUT2D eigenvalue weighted by atomic mass is 9.83. The normalized spacial score (nSPS) is 16.7. The van der Waals surface area contributed by atoms with Crippen molar-refractivity contribution in [2.45, 2.75) is 37.8 Å². The lowest BCUT2D eigenvalue weighted by molar-refractivity contribution is 0.356. The van der Waals surface area contributed by atoms with Gasteiger partial charge in [0.1, 0.15) is 17.9 Å². The second-order valence-electron chi connectivity index (χ2n) is 9.49. The van der Waals surface area contributed by atoms with E-state index in [4.69, 9.17) is 4.74 Å². The Kier molecular flexibility index (Phi) is 5.71. The monoisotopic (exact) mass is 519 g/mol. The van der Waals surface area contributed by atoms with E-state index in [0.717, 1.165) is 35.9 Å². The summed E-state index contributed by atoms with van der Waals surface area (Å²) >= 11 is 0. The molecule has 1 unspecified atom stereocenters. The quantitative estimate of drug-likeness (QED) is 0.378. The highest BCUT2D eigenvalue weighted by Crippen LogP contribution is 2.36. The van der Waals surface area contributed by atoms with Crippen molar-refractivity contribution in [3.63, 3.8) is 0 Å². The number of nitrogens with zero attached hydrogens (tertiary/aromatic N) is 4. The topological polar surface area (TPSA) is 98.5 Å². The van der Waals surface area contributed by atoms with Crippen molar-refractivity contribution in [3.8, 4) is 16.9 Å². The van der Waals surface area contributed by atoms with Crippen molar-refractivity contribution in [2.24, 2.45) is 5.92 Å². The number of imidazole rings is 1. The number of anilines is 1. The van der Waals surface area contributed by atoms with Crippen LogP contribution in [0.15, 0.2) is 54.1 Å². The van der Waals surface area contributed by atoms with Gasteiger partial charge in [0, 0.05) is 53.9 Å². The van der Waals surface area contributed by atoms with Gasteiger partial charge in [0.2, 0.25) is 5.95 Å². The van der Waals surface area contributed by atoms with Gasteiger partial charge in [-0.3, -0.25) is 9.38 Å². The third-order valence-electron chi connectivity index (χ3n) is 7.10. The Balaban J connectivity index is 1.38. The summed E-state index contributed by atoms with van der Waals surface area (Å²) in [7, 11) is -3.63. The van der Waals surface area contributed by atoms with Gasteiger partial charge in [-0.1, -0.05) is 19.1 Å². The molecule has 0 bridgehead atoms. The average molecular weight is 520 g/mol. The number of halogens is 1. The number of sulfone groups is 1. The molecule has 0 saturated heterocycles. The van der Waals surface area contributed by atoms with Crippen molar-refractivity contribution >= 4 is 26.9 Å². The SMILES string of the molecule is CCC1C=C(c2ccc(-c3cnc(NCc4c(F)ccc5c4CCO5)n4cnc(S(C)(=O)=O)c34)cn2)C1. The number of rotatable bonds is 7. The molecule has 1 N–H and O–H groups in total. The molecule has 3 aromatic heterocycles. The number of hydrogen-bond acceptors (Lipinski definition) is 7. The summed E-state index contributed by atoms with van der Waals surface area (Å²) in [5.41, 5.74) is 5.21. The average Bonchev–Trinajstić information content (AvgIpc) is 3.51. The van der Waals surface area contributed by atoms with E-state index in [1.54, 1.807) is 22.9 Å². The summed E-state index contributed by atoms with van der Waals surface area (Å²) in [5.74, 6) is 1.33. The number of hydrogen-bond donors (Lipinski definition) is 1. The Bertz CT molecular complexity index is 1660. The van der Waals surface area contributed by atoms with Gasteiger partial charge in [0.05, 0.1) is 17.8 Å². The molecule has 0 radical (unpaired) electrons. The van der Waals surface area contributed by atoms with E-state index in [9.17, 15) is 12.8 Å². The fraction of sp³-hybridized carbons (Fsp3) is 0.296. The predicted octanol–water partition coefficient (Wildman–Crippen LogP) is 4.69. The number of allylic oxidation sites excluding steroid dienone is 2. The first-order chi connectivity index (χ1) is 17.8. The Morgan fingerprint density at radius 1 is 1.16 bits per heavy atom. The van der Waals surface area contributed by atoms with Gasteiger partial charge < -0.3 is 10.1 Å². The van der Waals surface area contributed by atoms with Crippen molar-refractivity contribution in [3.05, 3.63) is 71.7 Å². The molecular formula is C27H26FN5O3S. The molecule has 6 rings (SSSR count). The van der Waals surface area contributed by atoms with Gasteiger partial charge in [-0.25, -0.2) is 22.8 Å². The Morgan fingerprint density at radius 3 is 2.73 bits per heavy atom. The summed E-state index contributed by atoms with van der Waals surface area (Å²) in [6.07, 6.45) is 10.9. The van der Waals surface area contributed by atoms with E-state index < -0.39 is 9.84 Å². The van der Waals surface area contributed by atoms with Gasteiger partial charge in [0.25, 0.3) is 0 Å². The first-order valence-corrected chi connectivity index (χ1v) is 14.1. The second-order valence-corrected chi connectivity index (χ2v) is 11.4. The molecule has 4 heterocycles. The smallest absolute Gasteiger partial charge is 0.209 e. The second kappa shape index (κ2) is 8.95. The Hall–Kier alpha value is -3.79. The summed E-state index contributed by atoms with van der Waals surface area (Å²) in [6.45, 7) is 2.86. The molecule has 0 fully saturated rings. The third-order valence-corrected chi connectivity index (χ3v) is 8.10. The lowest BCUT2D eigenvalue weighted by Gasteiger charge is -2.23. The van der Waals surface area contributed by atoms with Crippen LogP contribution in [0.4, 0.5) is 10.3 Å². The van der Waals surface area contributed by atoms with Crippen LogP contribution in [0.3, 0.4) is 0 Å². The minimum atomic E-state index is -3.63. The standard InChI is InChI=1S/C27H26FN5O3S/c1-3-16-10-18(11-16)23-6-4-17(12-29-23)20-13-30-27(33-15-32-26(25(20)33)37(2,34)35)31-14-21-19-8-9-36-24(19)7-5-22(21)28/h4-7,10,12-13,15-16H,3,8-9,11,14H2,1-2H3,(H,30,31). The van der Waals surface area contributed by atoms with Gasteiger partial charge >= 0.3 is 0 Å². The zero-order chi connectivity index (χ0) is 25.7.